The third-order valence-corrected chi connectivity index (χ3v) is 3.08. The summed E-state index contributed by atoms with van der Waals surface area (Å²) in [5.74, 6) is 0.760. The highest BCUT2D eigenvalue weighted by Gasteiger charge is 2.20. The monoisotopic (exact) mass is 246 g/mol. The first kappa shape index (κ1) is 11.3. The van der Waals surface area contributed by atoms with E-state index in [9.17, 15) is 5.11 Å². The van der Waals surface area contributed by atoms with Gasteiger partial charge in [0.05, 0.1) is 36.6 Å². The Labute approximate surface area is 104 Å². The highest BCUT2D eigenvalue weighted by molar-refractivity contribution is 5.54. The molecule has 2 heterocycles. The Balaban J connectivity index is 2.03. The van der Waals surface area contributed by atoms with E-state index in [-0.39, 0.29) is 6.61 Å². The lowest BCUT2D eigenvalue weighted by molar-refractivity contribution is 0.0946. The van der Waals surface area contributed by atoms with Gasteiger partial charge in [0.25, 0.3) is 0 Å². The normalized spacial score (nSPS) is 14.6. The van der Waals surface area contributed by atoms with Gasteiger partial charge in [-0.2, -0.15) is 0 Å². The summed E-state index contributed by atoms with van der Waals surface area (Å²) in [5.41, 5.74) is 2.83. The van der Waals surface area contributed by atoms with E-state index in [1.165, 1.54) is 0 Å². The Morgan fingerprint density at radius 2 is 2.33 bits per heavy atom. The Hall–Kier alpha value is -1.85. The molecule has 1 aliphatic heterocycles. The maximum absolute atomic E-state index is 9.54. The van der Waals surface area contributed by atoms with E-state index in [0.717, 1.165) is 22.7 Å². The van der Waals surface area contributed by atoms with Gasteiger partial charge in [-0.25, -0.2) is 4.98 Å². The molecule has 0 saturated heterocycles. The molecular formula is C13H14N2O3. The molecule has 2 N–H and O–H groups in total. The molecule has 0 bridgehead atoms. The van der Waals surface area contributed by atoms with E-state index in [0.29, 0.717) is 13.0 Å². The fourth-order valence-corrected chi connectivity index (χ4v) is 2.20. The van der Waals surface area contributed by atoms with Crippen molar-refractivity contribution < 1.29 is 14.9 Å². The van der Waals surface area contributed by atoms with Crippen LogP contribution < -0.4 is 4.74 Å². The molecule has 0 radical (unpaired) electrons. The SMILES string of the molecule is OCC(O)Cc1cccc2c1OCc1cncn1-2. The van der Waals surface area contributed by atoms with Gasteiger partial charge in [-0.15, -0.1) is 0 Å². The van der Waals surface area contributed by atoms with Crippen LogP contribution in [0.25, 0.3) is 5.69 Å². The van der Waals surface area contributed by atoms with Gasteiger partial charge in [0.1, 0.15) is 12.4 Å². The second kappa shape index (κ2) is 4.44. The molecule has 2 aromatic rings. The predicted octanol–water partition coefficient (Wildman–Crippen LogP) is 0.660. The van der Waals surface area contributed by atoms with Crippen LogP contribution in [0, 0.1) is 0 Å². The number of aliphatic hydroxyl groups excluding tert-OH is 2. The maximum atomic E-state index is 9.54. The summed E-state index contributed by atoms with van der Waals surface area (Å²) in [5, 5.41) is 18.5. The van der Waals surface area contributed by atoms with Crippen molar-refractivity contribution in [3.05, 3.63) is 42.0 Å². The maximum Gasteiger partial charge on any atom is 0.147 e. The number of nitrogens with zero attached hydrogens (tertiary/aromatic N) is 2. The Kier molecular flexibility index (Phi) is 2.77. The van der Waals surface area contributed by atoms with Crippen LogP contribution in [-0.2, 0) is 13.0 Å². The van der Waals surface area contributed by atoms with Crippen molar-refractivity contribution in [1.82, 2.24) is 9.55 Å². The second-order valence-corrected chi connectivity index (χ2v) is 4.35. The minimum Gasteiger partial charge on any atom is -0.485 e. The van der Waals surface area contributed by atoms with Gasteiger partial charge >= 0.3 is 0 Å². The molecule has 0 amide bonds. The average molecular weight is 246 g/mol. The Morgan fingerprint density at radius 1 is 1.44 bits per heavy atom. The zero-order valence-electron chi connectivity index (χ0n) is 9.78. The number of hydrogen-bond acceptors (Lipinski definition) is 4. The number of benzene rings is 1. The van der Waals surface area contributed by atoms with Crippen LogP contribution in [0.1, 0.15) is 11.3 Å². The molecule has 3 rings (SSSR count). The fraction of sp³-hybridized carbons (Fsp3) is 0.308. The molecular weight excluding hydrogens is 232 g/mol. The summed E-state index contributed by atoms with van der Waals surface area (Å²) in [6.45, 7) is 0.221. The average Bonchev–Trinajstić information content (AvgIpc) is 2.87. The van der Waals surface area contributed by atoms with Crippen molar-refractivity contribution in [2.45, 2.75) is 19.1 Å². The first-order valence-corrected chi connectivity index (χ1v) is 5.85. The van der Waals surface area contributed by atoms with Gasteiger partial charge in [-0.1, -0.05) is 12.1 Å². The number of fused-ring (bicyclic) bond motifs is 3. The molecule has 1 aromatic carbocycles. The smallest absolute Gasteiger partial charge is 0.147 e. The van der Waals surface area contributed by atoms with Crippen molar-refractivity contribution in [2.24, 2.45) is 0 Å². The van der Waals surface area contributed by atoms with Crippen LogP contribution in [0.15, 0.2) is 30.7 Å². The van der Waals surface area contributed by atoms with Gasteiger partial charge in [0.15, 0.2) is 0 Å². The van der Waals surface area contributed by atoms with E-state index < -0.39 is 6.10 Å². The lowest BCUT2D eigenvalue weighted by atomic mass is 10.1. The largest absolute Gasteiger partial charge is 0.485 e. The molecule has 5 heteroatoms. The number of rotatable bonds is 3. The van der Waals surface area contributed by atoms with Crippen molar-refractivity contribution in [1.29, 1.82) is 0 Å². The molecule has 94 valence electrons. The number of aromatic nitrogens is 2. The van der Waals surface area contributed by atoms with Crippen LogP contribution in [0.2, 0.25) is 0 Å². The Morgan fingerprint density at radius 3 is 3.17 bits per heavy atom. The van der Waals surface area contributed by atoms with Crippen molar-refractivity contribution in [3.8, 4) is 11.4 Å². The molecule has 1 aliphatic rings. The molecule has 1 unspecified atom stereocenters. The van der Waals surface area contributed by atoms with Gasteiger partial charge in [0.2, 0.25) is 0 Å². The molecule has 0 saturated carbocycles. The second-order valence-electron chi connectivity index (χ2n) is 4.35. The minimum absolute atomic E-state index is 0.250. The Bertz CT molecular complexity index is 565. The van der Waals surface area contributed by atoms with Crippen LogP contribution >= 0.6 is 0 Å². The number of aliphatic hydroxyl groups is 2. The molecule has 0 spiro atoms. The summed E-state index contributed by atoms with van der Waals surface area (Å²) in [6.07, 6.45) is 3.15. The summed E-state index contributed by atoms with van der Waals surface area (Å²) in [7, 11) is 0. The lowest BCUT2D eigenvalue weighted by Gasteiger charge is -2.22. The molecule has 0 aliphatic carbocycles. The van der Waals surface area contributed by atoms with Crippen LogP contribution in [-0.4, -0.2) is 32.5 Å². The first-order chi connectivity index (χ1) is 8.79. The third kappa shape index (κ3) is 1.77. The molecule has 5 nitrogen and oxygen atoms in total. The zero-order valence-corrected chi connectivity index (χ0v) is 9.78. The van der Waals surface area contributed by atoms with E-state index in [4.69, 9.17) is 9.84 Å². The zero-order chi connectivity index (χ0) is 12.5. The quantitative estimate of drug-likeness (QED) is 0.835. The summed E-state index contributed by atoms with van der Waals surface area (Å²) in [4.78, 5) is 4.10. The lowest BCUT2D eigenvalue weighted by Crippen LogP contribution is -2.18. The van der Waals surface area contributed by atoms with Crippen LogP contribution in [0.5, 0.6) is 5.75 Å². The summed E-state index contributed by atoms with van der Waals surface area (Å²) < 4.78 is 7.71. The number of para-hydroxylation sites is 1. The van der Waals surface area contributed by atoms with E-state index in [2.05, 4.69) is 4.98 Å². The van der Waals surface area contributed by atoms with E-state index in [1.807, 2.05) is 22.8 Å². The van der Waals surface area contributed by atoms with Gasteiger partial charge in [-0.05, 0) is 11.6 Å². The van der Waals surface area contributed by atoms with Crippen molar-refractivity contribution >= 4 is 0 Å². The number of hydrogen-bond donors (Lipinski definition) is 2. The van der Waals surface area contributed by atoms with E-state index >= 15 is 0 Å². The minimum atomic E-state index is -0.760. The number of ether oxygens (including phenoxy) is 1. The van der Waals surface area contributed by atoms with Gasteiger partial charge in [0, 0.05) is 6.42 Å². The molecule has 18 heavy (non-hydrogen) atoms. The fourth-order valence-electron chi connectivity index (χ4n) is 2.20. The molecule has 1 atom stereocenters. The molecule has 0 fully saturated rings. The number of imidazole rings is 1. The van der Waals surface area contributed by atoms with Crippen LogP contribution in [0.3, 0.4) is 0 Å². The van der Waals surface area contributed by atoms with Crippen LogP contribution in [0.4, 0.5) is 0 Å². The van der Waals surface area contributed by atoms with Gasteiger partial charge in [-0.3, -0.25) is 4.57 Å². The third-order valence-electron chi connectivity index (χ3n) is 3.08. The highest BCUT2D eigenvalue weighted by atomic mass is 16.5. The summed E-state index contributed by atoms with van der Waals surface area (Å²) in [6, 6.07) is 5.77. The first-order valence-electron chi connectivity index (χ1n) is 5.85. The standard InChI is InChI=1S/C13H14N2O3/c16-6-11(17)4-9-2-1-3-12-13(9)18-7-10-5-14-8-15(10)12/h1-3,5,8,11,16-17H,4,6-7H2. The van der Waals surface area contributed by atoms with Crippen molar-refractivity contribution in [3.63, 3.8) is 0 Å². The topological polar surface area (TPSA) is 67.5 Å². The predicted molar refractivity (Wildman–Crippen MR) is 64.7 cm³/mol. The van der Waals surface area contributed by atoms with E-state index in [1.54, 1.807) is 12.5 Å². The van der Waals surface area contributed by atoms with Gasteiger partial charge < -0.3 is 14.9 Å². The molecule has 1 aromatic heterocycles. The summed E-state index contributed by atoms with van der Waals surface area (Å²) >= 11 is 0. The van der Waals surface area contributed by atoms with Crippen molar-refractivity contribution in [2.75, 3.05) is 6.61 Å². The highest BCUT2D eigenvalue weighted by Crippen LogP contribution is 2.33.